The summed E-state index contributed by atoms with van der Waals surface area (Å²) in [5.74, 6) is 0.561. The lowest BCUT2D eigenvalue weighted by molar-refractivity contribution is 0.0975. The number of nitrogens with one attached hydrogen (secondary N) is 1. The highest BCUT2D eigenvalue weighted by Gasteiger charge is 2.33. The molecule has 1 N–H and O–H groups in total. The largest absolute Gasteiger partial charge is 0.304 e. The van der Waals surface area contributed by atoms with Crippen molar-refractivity contribution >= 4 is 33.1 Å². The van der Waals surface area contributed by atoms with Gasteiger partial charge in [-0.1, -0.05) is 12.1 Å². The number of rotatable bonds is 3. The van der Waals surface area contributed by atoms with Crippen molar-refractivity contribution in [3.63, 3.8) is 0 Å². The Hall–Kier alpha value is -3.85. The number of anilines is 1. The van der Waals surface area contributed by atoms with E-state index in [9.17, 15) is 4.79 Å². The van der Waals surface area contributed by atoms with Gasteiger partial charge in [-0.3, -0.25) is 9.89 Å². The van der Waals surface area contributed by atoms with Gasteiger partial charge in [-0.05, 0) is 37.6 Å². The molecule has 1 aromatic carbocycles. The molecule has 1 aliphatic heterocycles. The maximum atomic E-state index is 13.4. The number of nitrogens with zero attached hydrogens (tertiary/aromatic N) is 6. The molecule has 5 heterocycles. The number of hydrogen-bond donors (Lipinski definition) is 1. The van der Waals surface area contributed by atoms with E-state index in [0.717, 1.165) is 38.4 Å². The van der Waals surface area contributed by atoms with Crippen LogP contribution in [0, 0.1) is 6.92 Å². The van der Waals surface area contributed by atoms with Crippen LogP contribution in [0.1, 0.15) is 21.7 Å². The highest BCUT2D eigenvalue weighted by atomic mass is 32.1. The summed E-state index contributed by atoms with van der Waals surface area (Å²) in [6.07, 6.45) is 4.06. The number of fused-ring (bicyclic) bond motifs is 2. The fourth-order valence-electron chi connectivity index (χ4n) is 4.06. The number of aromatic amines is 1. The number of carbonyl (C=O) groups is 1. The van der Waals surface area contributed by atoms with Crippen LogP contribution in [0.5, 0.6) is 0 Å². The molecule has 0 fully saturated rings. The van der Waals surface area contributed by atoms with Crippen molar-refractivity contribution in [1.82, 2.24) is 29.9 Å². The molecule has 4 aromatic heterocycles. The van der Waals surface area contributed by atoms with Gasteiger partial charge in [-0.25, -0.2) is 14.6 Å². The minimum absolute atomic E-state index is 0.130. The monoisotopic (exact) mass is 427 g/mol. The molecule has 0 saturated carbocycles. The fraction of sp³-hybridized carbons (Fsp3) is 0.136. The molecule has 0 spiro atoms. The number of hydrogen-bond acceptors (Lipinski definition) is 6. The Kier molecular flexibility index (Phi) is 3.97. The van der Waals surface area contributed by atoms with E-state index >= 15 is 0 Å². The van der Waals surface area contributed by atoms with E-state index in [1.807, 2.05) is 42.8 Å². The van der Waals surface area contributed by atoms with Gasteiger partial charge in [0.25, 0.3) is 5.91 Å². The Labute approximate surface area is 181 Å². The number of carbonyl (C=O) groups excluding carboxylic acids is 1. The third-order valence-electron chi connectivity index (χ3n) is 5.51. The van der Waals surface area contributed by atoms with E-state index in [0.29, 0.717) is 24.5 Å². The van der Waals surface area contributed by atoms with E-state index in [4.69, 9.17) is 5.10 Å². The maximum absolute atomic E-state index is 13.4. The zero-order valence-corrected chi connectivity index (χ0v) is 17.4. The van der Waals surface area contributed by atoms with Gasteiger partial charge in [0.2, 0.25) is 0 Å². The molecule has 9 heteroatoms. The molecule has 8 nitrogen and oxygen atoms in total. The Morgan fingerprint density at radius 2 is 2.13 bits per heavy atom. The Bertz CT molecular complexity index is 1430. The molecule has 0 aliphatic carbocycles. The minimum Gasteiger partial charge on any atom is -0.304 e. The summed E-state index contributed by atoms with van der Waals surface area (Å²) >= 11 is 1.60. The van der Waals surface area contributed by atoms with Crippen LogP contribution in [0.2, 0.25) is 0 Å². The first kappa shape index (κ1) is 18.0. The third kappa shape index (κ3) is 2.85. The first-order valence-corrected chi connectivity index (χ1v) is 10.8. The number of aryl methyl sites for hydroxylation is 1. The normalized spacial score (nSPS) is 13.7. The van der Waals surface area contributed by atoms with Crippen LogP contribution >= 0.6 is 11.3 Å². The third-order valence-corrected chi connectivity index (χ3v) is 6.30. The number of amides is 1. The van der Waals surface area contributed by atoms with E-state index in [1.165, 1.54) is 0 Å². The number of benzene rings is 1. The average Bonchev–Trinajstić information content (AvgIpc) is 3.52. The van der Waals surface area contributed by atoms with Gasteiger partial charge in [0.15, 0.2) is 11.5 Å². The highest BCUT2D eigenvalue weighted by Crippen LogP contribution is 2.35. The van der Waals surface area contributed by atoms with Gasteiger partial charge in [-0.15, -0.1) is 11.3 Å². The molecule has 0 radical (unpaired) electrons. The molecule has 5 aromatic rings. The van der Waals surface area contributed by atoms with E-state index in [-0.39, 0.29) is 5.91 Å². The lowest BCUT2D eigenvalue weighted by atomic mass is 9.99. The fourth-order valence-corrected chi connectivity index (χ4v) is 4.78. The second kappa shape index (κ2) is 6.85. The summed E-state index contributed by atoms with van der Waals surface area (Å²) in [5.41, 5.74) is 7.74. The number of aromatic nitrogens is 6. The quantitative estimate of drug-likeness (QED) is 0.473. The molecule has 31 heavy (non-hydrogen) atoms. The second-order valence-electron chi connectivity index (χ2n) is 7.42. The average molecular weight is 427 g/mol. The molecule has 1 aliphatic rings. The van der Waals surface area contributed by atoms with Gasteiger partial charge in [-0.2, -0.15) is 10.2 Å². The number of H-pyrrole nitrogens is 1. The van der Waals surface area contributed by atoms with E-state index in [1.54, 1.807) is 33.3 Å². The van der Waals surface area contributed by atoms with E-state index in [2.05, 4.69) is 26.2 Å². The Morgan fingerprint density at radius 1 is 1.19 bits per heavy atom. The smallest absolute Gasteiger partial charge is 0.279 e. The van der Waals surface area contributed by atoms with Gasteiger partial charge in [0.05, 0.1) is 33.3 Å². The zero-order valence-electron chi connectivity index (χ0n) is 16.6. The Morgan fingerprint density at radius 3 is 2.97 bits per heavy atom. The van der Waals surface area contributed by atoms with Crippen LogP contribution in [0.15, 0.2) is 54.3 Å². The first-order chi connectivity index (χ1) is 15.2. The predicted octanol–water partition coefficient (Wildman–Crippen LogP) is 3.78. The molecule has 152 valence electrons. The van der Waals surface area contributed by atoms with Gasteiger partial charge < -0.3 is 4.90 Å². The first-order valence-electron chi connectivity index (χ1n) is 9.89. The summed E-state index contributed by atoms with van der Waals surface area (Å²) in [4.78, 5) is 24.1. The molecular formula is C22H17N7OS. The summed E-state index contributed by atoms with van der Waals surface area (Å²) in [7, 11) is 0. The second-order valence-corrected chi connectivity index (χ2v) is 8.31. The van der Waals surface area contributed by atoms with Crippen molar-refractivity contribution in [2.24, 2.45) is 0 Å². The van der Waals surface area contributed by atoms with Crippen LogP contribution < -0.4 is 4.90 Å². The maximum Gasteiger partial charge on any atom is 0.279 e. The molecule has 0 unspecified atom stereocenters. The van der Waals surface area contributed by atoms with Crippen LogP contribution in [0.25, 0.3) is 27.3 Å². The molecule has 1 amide bonds. The number of thiazole rings is 1. The van der Waals surface area contributed by atoms with Crippen molar-refractivity contribution in [3.8, 4) is 17.1 Å². The van der Waals surface area contributed by atoms with E-state index < -0.39 is 0 Å². The summed E-state index contributed by atoms with van der Waals surface area (Å²) in [6, 6.07) is 12.0. The van der Waals surface area contributed by atoms with Crippen LogP contribution in [0.3, 0.4) is 0 Å². The number of pyridine rings is 1. The summed E-state index contributed by atoms with van der Waals surface area (Å²) in [6.45, 7) is 2.51. The minimum atomic E-state index is -0.130. The molecule has 6 rings (SSSR count). The van der Waals surface area contributed by atoms with Gasteiger partial charge >= 0.3 is 0 Å². The zero-order chi connectivity index (χ0) is 20.9. The molecule has 0 saturated heterocycles. The van der Waals surface area contributed by atoms with Crippen LogP contribution in [0.4, 0.5) is 5.69 Å². The van der Waals surface area contributed by atoms with Crippen molar-refractivity contribution in [2.75, 3.05) is 11.4 Å². The highest BCUT2D eigenvalue weighted by molar-refractivity contribution is 7.16. The lowest BCUT2D eigenvalue weighted by Gasteiger charge is -2.24. The van der Waals surface area contributed by atoms with Crippen molar-refractivity contribution < 1.29 is 4.79 Å². The molecule has 0 bridgehead atoms. The van der Waals surface area contributed by atoms with Crippen LogP contribution in [-0.4, -0.2) is 42.4 Å². The van der Waals surface area contributed by atoms with Crippen LogP contribution in [-0.2, 0) is 6.42 Å². The van der Waals surface area contributed by atoms with Crippen molar-refractivity contribution in [3.05, 3.63) is 71.3 Å². The standard InChI is InChI=1S/C22H17N7OS/c1-13-3-2-4-19(26-13)29-21(14-5-6-17-18(9-14)31-12-23-17)16-7-8-28(15-10-24-25-11-15)22(30)20(16)27-29/h2-6,9-12H,7-8H2,1H3,(H,24,25). The predicted molar refractivity (Wildman–Crippen MR) is 119 cm³/mol. The van der Waals surface area contributed by atoms with Gasteiger partial charge in [0, 0.05) is 29.6 Å². The topological polar surface area (TPSA) is 92.6 Å². The summed E-state index contributed by atoms with van der Waals surface area (Å²) < 4.78 is 2.90. The summed E-state index contributed by atoms with van der Waals surface area (Å²) in [5, 5.41) is 11.5. The Balaban J connectivity index is 1.57. The van der Waals surface area contributed by atoms with Crippen molar-refractivity contribution in [1.29, 1.82) is 0 Å². The molecular weight excluding hydrogens is 410 g/mol. The van der Waals surface area contributed by atoms with Gasteiger partial charge in [0.1, 0.15) is 0 Å². The lowest BCUT2D eigenvalue weighted by Crippen LogP contribution is -2.37. The van der Waals surface area contributed by atoms with Crippen molar-refractivity contribution in [2.45, 2.75) is 13.3 Å². The SMILES string of the molecule is Cc1cccc(-n2nc3c(c2-c2ccc4ncsc4c2)CCN(c2cn[nH]c2)C3=O)n1. The molecule has 0 atom stereocenters.